The monoisotopic (exact) mass is 159 g/mol. The molecule has 0 aromatic carbocycles. The van der Waals surface area contributed by atoms with Crippen LogP contribution in [0.5, 0.6) is 0 Å². The van der Waals surface area contributed by atoms with Gasteiger partial charge in [-0.2, -0.15) is 0 Å². The molecule has 0 amide bonds. The van der Waals surface area contributed by atoms with Crippen LogP contribution in [-0.2, 0) is 4.79 Å². The van der Waals surface area contributed by atoms with Crippen molar-refractivity contribution in [1.29, 1.82) is 0 Å². The van der Waals surface area contributed by atoms with E-state index in [0.29, 0.717) is 25.2 Å². The van der Waals surface area contributed by atoms with E-state index in [1.54, 1.807) is 6.92 Å². The molecule has 0 spiro atoms. The molecule has 1 fully saturated rings. The molecule has 0 radical (unpaired) electrons. The minimum absolute atomic E-state index is 0.313. The summed E-state index contributed by atoms with van der Waals surface area (Å²) >= 11 is 0. The first-order valence-corrected chi connectivity index (χ1v) is 4.06. The van der Waals surface area contributed by atoms with Crippen molar-refractivity contribution < 1.29 is 9.18 Å². The number of halogens is 1. The number of piperidine rings is 1. The Morgan fingerprint density at radius 3 is 2.55 bits per heavy atom. The van der Waals surface area contributed by atoms with Crippen LogP contribution in [0, 0.1) is 0 Å². The Morgan fingerprint density at radius 1 is 1.55 bits per heavy atom. The summed E-state index contributed by atoms with van der Waals surface area (Å²) in [7, 11) is 0. The van der Waals surface area contributed by atoms with E-state index in [1.807, 2.05) is 4.90 Å². The highest BCUT2D eigenvalue weighted by Crippen LogP contribution is 2.06. The summed E-state index contributed by atoms with van der Waals surface area (Å²) in [6, 6.07) is 0. The molecule has 1 unspecified atom stereocenters. The fraction of sp³-hybridized carbons (Fsp3) is 0.875. The first-order valence-electron chi connectivity index (χ1n) is 4.06. The normalized spacial score (nSPS) is 23.6. The maximum Gasteiger partial charge on any atom is 0.135 e. The van der Waals surface area contributed by atoms with Gasteiger partial charge in [0.25, 0.3) is 0 Å². The summed E-state index contributed by atoms with van der Waals surface area (Å²) in [6.07, 6.45) is 0.433. The molecule has 1 aliphatic heterocycles. The molecule has 1 heterocycles. The van der Waals surface area contributed by atoms with Crippen molar-refractivity contribution in [2.24, 2.45) is 0 Å². The van der Waals surface area contributed by atoms with Gasteiger partial charge in [-0.15, -0.1) is 0 Å². The second-order valence-corrected chi connectivity index (χ2v) is 3.12. The maximum atomic E-state index is 12.5. The van der Waals surface area contributed by atoms with Gasteiger partial charge in [0.2, 0.25) is 0 Å². The molecule has 0 aromatic rings. The zero-order chi connectivity index (χ0) is 8.27. The first-order chi connectivity index (χ1) is 5.18. The third-order valence-electron chi connectivity index (χ3n) is 1.92. The average molecular weight is 159 g/mol. The van der Waals surface area contributed by atoms with E-state index in [4.69, 9.17) is 0 Å². The summed E-state index contributed by atoms with van der Waals surface area (Å²) in [6.45, 7) is 3.52. The van der Waals surface area contributed by atoms with Crippen molar-refractivity contribution in [3.05, 3.63) is 0 Å². The van der Waals surface area contributed by atoms with Gasteiger partial charge in [0.05, 0.1) is 0 Å². The smallest absolute Gasteiger partial charge is 0.135 e. The van der Waals surface area contributed by atoms with Gasteiger partial charge in [-0.25, -0.2) is 4.39 Å². The van der Waals surface area contributed by atoms with Gasteiger partial charge in [-0.3, -0.25) is 9.69 Å². The van der Waals surface area contributed by atoms with Gasteiger partial charge >= 0.3 is 0 Å². The summed E-state index contributed by atoms with van der Waals surface area (Å²) in [5.74, 6) is 0.313. The summed E-state index contributed by atoms with van der Waals surface area (Å²) in [5.41, 5.74) is 0. The maximum absolute atomic E-state index is 12.5. The van der Waals surface area contributed by atoms with Crippen LogP contribution in [0.3, 0.4) is 0 Å². The van der Waals surface area contributed by atoms with E-state index in [9.17, 15) is 9.18 Å². The van der Waals surface area contributed by atoms with Crippen molar-refractivity contribution in [3.63, 3.8) is 0 Å². The molecule has 0 N–H and O–H groups in total. The fourth-order valence-corrected chi connectivity index (χ4v) is 1.34. The number of hydrogen-bond acceptors (Lipinski definition) is 2. The summed E-state index contributed by atoms with van der Waals surface area (Å²) in [5, 5.41) is 0. The van der Waals surface area contributed by atoms with Gasteiger partial charge in [-0.1, -0.05) is 0 Å². The second-order valence-electron chi connectivity index (χ2n) is 3.12. The molecule has 3 heteroatoms. The molecule has 1 atom stereocenters. The van der Waals surface area contributed by atoms with Gasteiger partial charge < -0.3 is 0 Å². The fourth-order valence-electron chi connectivity index (χ4n) is 1.34. The van der Waals surface area contributed by atoms with E-state index in [-0.39, 0.29) is 0 Å². The van der Waals surface area contributed by atoms with E-state index in [2.05, 4.69) is 0 Å². The molecule has 1 aliphatic rings. The van der Waals surface area contributed by atoms with E-state index >= 15 is 0 Å². The molecule has 11 heavy (non-hydrogen) atoms. The third kappa shape index (κ3) is 2.97. The number of rotatable bonds is 2. The predicted molar refractivity (Wildman–Crippen MR) is 41.3 cm³/mol. The third-order valence-corrected chi connectivity index (χ3v) is 1.92. The molecule has 1 saturated heterocycles. The van der Waals surface area contributed by atoms with Crippen molar-refractivity contribution in [2.75, 3.05) is 19.6 Å². The zero-order valence-corrected chi connectivity index (χ0v) is 6.85. The number of nitrogens with zero attached hydrogens (tertiary/aromatic N) is 1. The highest BCUT2D eigenvalue weighted by Gasteiger charge is 2.17. The van der Waals surface area contributed by atoms with Crippen molar-refractivity contribution >= 4 is 5.78 Å². The highest BCUT2D eigenvalue weighted by atomic mass is 19.1. The van der Waals surface area contributed by atoms with Crippen LogP contribution in [0.25, 0.3) is 0 Å². The molecule has 0 aromatic heterocycles. The minimum Gasteiger partial charge on any atom is -0.300 e. The Morgan fingerprint density at radius 2 is 2.09 bits per heavy atom. The molecule has 0 aliphatic carbocycles. The van der Waals surface area contributed by atoms with Crippen molar-refractivity contribution in [1.82, 2.24) is 4.90 Å². The lowest BCUT2D eigenvalue weighted by atomic mass is 10.1. The second kappa shape index (κ2) is 3.81. The Balaban J connectivity index is 2.22. The Labute approximate surface area is 66.4 Å². The topological polar surface area (TPSA) is 20.3 Å². The summed E-state index contributed by atoms with van der Waals surface area (Å²) < 4.78 is 12.5. The molecule has 0 saturated carbocycles. The molecule has 64 valence electrons. The largest absolute Gasteiger partial charge is 0.300 e. The van der Waals surface area contributed by atoms with Gasteiger partial charge in [-0.05, 0) is 6.92 Å². The number of carbonyl (C=O) groups is 1. The van der Waals surface area contributed by atoms with Crippen molar-refractivity contribution in [2.45, 2.75) is 25.9 Å². The quantitative estimate of drug-likeness (QED) is 0.599. The number of hydrogen-bond donors (Lipinski definition) is 0. The van der Waals surface area contributed by atoms with E-state index in [1.165, 1.54) is 0 Å². The Bertz CT molecular complexity index is 137. The standard InChI is InChI=1S/C8H14FNO/c1-7(9)6-10-4-2-8(11)3-5-10/h7H,2-6H2,1H3. The SMILES string of the molecule is CC(F)CN1CCC(=O)CC1. The number of alkyl halides is 1. The van der Waals surface area contributed by atoms with Crippen LogP contribution in [0.1, 0.15) is 19.8 Å². The van der Waals surface area contributed by atoms with Crippen LogP contribution in [0.2, 0.25) is 0 Å². The van der Waals surface area contributed by atoms with Crippen LogP contribution in [0.15, 0.2) is 0 Å². The molecule has 1 rings (SSSR count). The Kier molecular flexibility index (Phi) is 3.00. The van der Waals surface area contributed by atoms with Crippen molar-refractivity contribution in [3.8, 4) is 0 Å². The molecular formula is C8H14FNO. The number of Topliss-reactive ketones (excluding diaryl/α,β-unsaturated/α-hetero) is 1. The van der Waals surface area contributed by atoms with Crippen LogP contribution < -0.4 is 0 Å². The zero-order valence-electron chi connectivity index (χ0n) is 6.85. The lowest BCUT2D eigenvalue weighted by Gasteiger charge is -2.25. The lowest BCUT2D eigenvalue weighted by molar-refractivity contribution is -0.121. The number of carbonyl (C=O) groups excluding carboxylic acids is 1. The van der Waals surface area contributed by atoms with Gasteiger partial charge in [0.1, 0.15) is 12.0 Å². The number of ketones is 1. The lowest BCUT2D eigenvalue weighted by Crippen LogP contribution is -2.37. The molecule has 2 nitrogen and oxygen atoms in total. The van der Waals surface area contributed by atoms with Crippen LogP contribution >= 0.6 is 0 Å². The van der Waals surface area contributed by atoms with Crippen LogP contribution in [-0.4, -0.2) is 36.5 Å². The minimum atomic E-state index is -0.775. The average Bonchev–Trinajstić information content (AvgIpc) is 1.93. The van der Waals surface area contributed by atoms with E-state index < -0.39 is 6.17 Å². The Hall–Kier alpha value is -0.440. The molecular weight excluding hydrogens is 145 g/mol. The number of likely N-dealkylation sites (tertiary alicyclic amines) is 1. The summed E-state index contributed by atoms with van der Waals surface area (Å²) in [4.78, 5) is 12.8. The molecule has 0 bridgehead atoms. The van der Waals surface area contributed by atoms with Crippen LogP contribution in [0.4, 0.5) is 4.39 Å². The van der Waals surface area contributed by atoms with E-state index in [0.717, 1.165) is 13.1 Å². The van der Waals surface area contributed by atoms with Gasteiger partial charge in [0.15, 0.2) is 0 Å². The first kappa shape index (κ1) is 8.65. The van der Waals surface area contributed by atoms with Gasteiger partial charge in [0, 0.05) is 32.5 Å². The highest BCUT2D eigenvalue weighted by molar-refractivity contribution is 5.79. The predicted octanol–water partition coefficient (Wildman–Crippen LogP) is 1.01.